The molecule has 2 aromatic carbocycles. The number of nitrogens with zero attached hydrogens (tertiary/aromatic N) is 3. The van der Waals surface area contributed by atoms with Gasteiger partial charge in [0.05, 0.1) is 25.1 Å². The highest BCUT2D eigenvalue weighted by atomic mass is 19.4. The Bertz CT molecular complexity index is 1900. The molecule has 1 unspecified atom stereocenters. The monoisotopic (exact) mass is 766 g/mol. The molecule has 0 spiro atoms. The number of halogens is 3. The number of alkyl halides is 3. The zero-order valence-corrected chi connectivity index (χ0v) is 31.1. The average molecular weight is 767 g/mol. The minimum atomic E-state index is -4.61. The summed E-state index contributed by atoms with van der Waals surface area (Å²) in [4.78, 5) is 61.1. The van der Waals surface area contributed by atoms with Crippen molar-refractivity contribution >= 4 is 35.5 Å². The molecule has 2 heterocycles. The first-order valence-corrected chi connectivity index (χ1v) is 17.3. The van der Waals surface area contributed by atoms with Gasteiger partial charge in [-0.1, -0.05) is 60.7 Å². The summed E-state index contributed by atoms with van der Waals surface area (Å²) in [7, 11) is 0. The summed E-state index contributed by atoms with van der Waals surface area (Å²) < 4.78 is 52.7. The Morgan fingerprint density at radius 2 is 1.51 bits per heavy atom. The summed E-state index contributed by atoms with van der Waals surface area (Å²) in [6, 6.07) is 17.7. The zero-order valence-electron chi connectivity index (χ0n) is 31.1. The zero-order chi connectivity index (χ0) is 40.2. The fourth-order valence-electron chi connectivity index (χ4n) is 5.09. The van der Waals surface area contributed by atoms with Gasteiger partial charge in [-0.05, 0) is 57.9 Å². The van der Waals surface area contributed by atoms with Crippen LogP contribution in [-0.4, -0.2) is 75.2 Å². The van der Waals surface area contributed by atoms with Crippen molar-refractivity contribution in [3.8, 4) is 0 Å². The number of carbonyl (C=O) groups is 4. The summed E-state index contributed by atoms with van der Waals surface area (Å²) in [5, 5.41) is 13.1. The van der Waals surface area contributed by atoms with Gasteiger partial charge in [0.15, 0.2) is 5.82 Å². The molecule has 0 saturated carbocycles. The van der Waals surface area contributed by atoms with E-state index in [1.165, 1.54) is 43.2 Å². The van der Waals surface area contributed by atoms with Crippen LogP contribution in [0.15, 0.2) is 91.5 Å². The van der Waals surface area contributed by atoms with Crippen LogP contribution >= 0.6 is 0 Å². The van der Waals surface area contributed by atoms with Crippen LogP contribution in [0.3, 0.4) is 0 Å². The first-order chi connectivity index (χ1) is 25.9. The van der Waals surface area contributed by atoms with Crippen molar-refractivity contribution in [1.82, 2.24) is 30.5 Å². The number of alkyl carbamates (subject to hydrolysis) is 1. The van der Waals surface area contributed by atoms with Crippen LogP contribution in [0.5, 0.6) is 0 Å². The number of anilines is 2. The van der Waals surface area contributed by atoms with E-state index >= 15 is 0 Å². The third-order valence-corrected chi connectivity index (χ3v) is 7.74. The topological polar surface area (TPSA) is 178 Å². The molecule has 0 fully saturated rings. The number of hydrogen-bond acceptors (Lipinski definition) is 9. The molecule has 0 aliphatic heterocycles. The van der Waals surface area contributed by atoms with Gasteiger partial charge in [-0.15, -0.1) is 0 Å². The lowest BCUT2D eigenvalue weighted by atomic mass is 10.0. The molecule has 4 amide bonds. The van der Waals surface area contributed by atoms with E-state index in [1.54, 1.807) is 51.1 Å². The molecule has 14 nitrogen and oxygen atoms in total. The van der Waals surface area contributed by atoms with Crippen molar-refractivity contribution in [2.75, 3.05) is 30.3 Å². The van der Waals surface area contributed by atoms with Gasteiger partial charge >= 0.3 is 12.3 Å². The number of nitrogens with one attached hydrogen (secondary N) is 5. The van der Waals surface area contributed by atoms with Gasteiger partial charge in [0.1, 0.15) is 29.0 Å². The summed E-state index contributed by atoms with van der Waals surface area (Å²) in [6.45, 7) is 7.75. The number of aromatic nitrogens is 3. The second-order valence-electron chi connectivity index (χ2n) is 13.9. The van der Waals surface area contributed by atoms with E-state index in [0.717, 1.165) is 11.6 Å². The van der Waals surface area contributed by atoms with E-state index in [-0.39, 0.29) is 37.9 Å². The highest BCUT2D eigenvalue weighted by molar-refractivity contribution is 5.98. The molecule has 4 rings (SSSR count). The first kappa shape index (κ1) is 41.8. The molecule has 2 atom stereocenters. The summed E-state index contributed by atoms with van der Waals surface area (Å²) in [6.07, 6.45) is -1.44. The van der Waals surface area contributed by atoms with Crippen molar-refractivity contribution < 1.29 is 41.8 Å². The third-order valence-electron chi connectivity index (χ3n) is 7.74. The Hall–Kier alpha value is -5.97. The van der Waals surface area contributed by atoms with E-state index in [0.29, 0.717) is 5.56 Å². The second kappa shape index (κ2) is 18.4. The van der Waals surface area contributed by atoms with Crippen LogP contribution in [0, 0.1) is 0 Å². The average Bonchev–Trinajstić information content (AvgIpc) is 3.56. The summed E-state index contributed by atoms with van der Waals surface area (Å²) in [5.41, 5.74) is -1.84. The van der Waals surface area contributed by atoms with Crippen LogP contribution in [0.4, 0.5) is 29.6 Å². The van der Waals surface area contributed by atoms with Crippen molar-refractivity contribution in [3.63, 3.8) is 0 Å². The van der Waals surface area contributed by atoms with Crippen LogP contribution < -0.4 is 26.6 Å². The third kappa shape index (κ3) is 12.8. The fourth-order valence-corrected chi connectivity index (χ4v) is 5.09. The molecule has 0 bridgehead atoms. The molecule has 2 aromatic heterocycles. The van der Waals surface area contributed by atoms with Crippen LogP contribution in [0.2, 0.25) is 0 Å². The maximum atomic E-state index is 13.7. The first-order valence-electron chi connectivity index (χ1n) is 17.3. The van der Waals surface area contributed by atoms with E-state index in [4.69, 9.17) is 9.47 Å². The highest BCUT2D eigenvalue weighted by Crippen LogP contribution is 2.33. The smallest absolute Gasteiger partial charge is 0.419 e. The molecule has 17 heteroatoms. The lowest BCUT2D eigenvalue weighted by molar-refractivity contribution is -0.137. The number of amides is 4. The van der Waals surface area contributed by atoms with Crippen LogP contribution in [-0.2, 0) is 36.6 Å². The molecule has 294 valence electrons. The quantitative estimate of drug-likeness (QED) is 0.0976. The predicted molar refractivity (Wildman–Crippen MR) is 198 cm³/mol. The fraction of sp³-hybridized carbons (Fsp3) is 0.368. The Labute approximate surface area is 316 Å². The number of hydrogen-bond donors (Lipinski definition) is 5. The number of carbonyl (C=O) groups excluding carboxylic acids is 4. The maximum Gasteiger partial charge on any atom is 0.419 e. The highest BCUT2D eigenvalue weighted by Gasteiger charge is 2.36. The summed E-state index contributed by atoms with van der Waals surface area (Å²) in [5.74, 6) is -2.20. The van der Waals surface area contributed by atoms with Gasteiger partial charge in [0.2, 0.25) is 11.8 Å². The van der Waals surface area contributed by atoms with E-state index in [1.807, 2.05) is 30.3 Å². The second-order valence-corrected chi connectivity index (χ2v) is 13.9. The number of rotatable bonds is 16. The van der Waals surface area contributed by atoms with Gasteiger partial charge in [-0.3, -0.25) is 14.4 Å². The maximum absolute atomic E-state index is 13.7. The van der Waals surface area contributed by atoms with Crippen molar-refractivity contribution in [1.29, 1.82) is 0 Å². The minimum Gasteiger partial charge on any atom is -0.444 e. The molecule has 5 N–H and O–H groups in total. The lowest BCUT2D eigenvalue weighted by Gasteiger charge is -2.29. The number of imidazole rings is 1. The van der Waals surface area contributed by atoms with Gasteiger partial charge in [-0.2, -0.15) is 13.2 Å². The Balaban J connectivity index is 1.46. The normalized spacial score (nSPS) is 12.9. The number of pyridine rings is 1. The van der Waals surface area contributed by atoms with E-state index in [2.05, 4.69) is 36.6 Å². The van der Waals surface area contributed by atoms with Crippen LogP contribution in [0.25, 0.3) is 0 Å². The van der Waals surface area contributed by atoms with Gasteiger partial charge in [0.25, 0.3) is 5.91 Å². The van der Waals surface area contributed by atoms with E-state index < -0.39 is 58.8 Å². The van der Waals surface area contributed by atoms with Gasteiger partial charge in [-0.25, -0.2) is 14.8 Å². The number of ether oxygens (including phenoxy) is 2. The molecule has 4 aromatic rings. The van der Waals surface area contributed by atoms with E-state index in [9.17, 15) is 32.3 Å². The molecule has 0 radical (unpaired) electrons. The molecule has 0 saturated heterocycles. The van der Waals surface area contributed by atoms with Crippen molar-refractivity contribution in [2.24, 2.45) is 0 Å². The SMILES string of the molecule is CC(C)(C)OC(=O)NC(C)(C)C(=O)N[C@H](COCc1ccccc1)C(=O)Nc1cn(C(C(=O)NCCNc2ncccc2C(F)(F)F)c2ccccc2)cn1. The lowest BCUT2D eigenvalue weighted by Crippen LogP contribution is -2.59. The Morgan fingerprint density at radius 1 is 0.836 bits per heavy atom. The molecule has 0 aliphatic carbocycles. The van der Waals surface area contributed by atoms with Crippen molar-refractivity contribution in [2.45, 2.75) is 70.6 Å². The molecule has 0 aliphatic rings. The Kier molecular flexibility index (Phi) is 14.0. The number of benzene rings is 2. The minimum absolute atomic E-state index is 0.0438. The Morgan fingerprint density at radius 3 is 2.16 bits per heavy atom. The predicted octanol–water partition coefficient (Wildman–Crippen LogP) is 5.06. The van der Waals surface area contributed by atoms with Gasteiger partial charge < -0.3 is 40.6 Å². The standard InChI is InChI=1S/C38H45F3N8O6/c1-36(2,3)55-35(53)48-37(4,5)34(52)46-28(23-54-22-25-13-8-6-9-14-25)32(50)47-29-21-49(24-45-29)30(26-15-10-7-11-16-26)33(51)44-20-19-43-31-27(38(39,40)41)17-12-18-42-31/h6-18,21,24,28,30H,19-20,22-23H2,1-5H3,(H,42,43)(H,44,51)(H,46,52)(H,47,50)(H,48,53)/t28-,30?/m1/s1. The van der Waals surface area contributed by atoms with Crippen LogP contribution in [0.1, 0.15) is 57.4 Å². The molecular weight excluding hydrogens is 721 g/mol. The van der Waals surface area contributed by atoms with Crippen molar-refractivity contribution in [3.05, 3.63) is 108 Å². The largest absolute Gasteiger partial charge is 0.444 e. The molecule has 55 heavy (non-hydrogen) atoms. The van der Waals surface area contributed by atoms with Gasteiger partial charge in [0, 0.05) is 25.5 Å². The summed E-state index contributed by atoms with van der Waals surface area (Å²) >= 11 is 0. The molecular formula is C38H45F3N8O6.